The zero-order chi connectivity index (χ0) is 23.7. The molecule has 0 aliphatic heterocycles. The number of benzene rings is 2. The zero-order valence-electron chi connectivity index (χ0n) is 19.3. The predicted octanol–water partition coefficient (Wildman–Crippen LogP) is 4.59. The van der Waals surface area contributed by atoms with E-state index >= 15 is 0 Å². The Morgan fingerprint density at radius 1 is 1.21 bits per heavy atom. The summed E-state index contributed by atoms with van der Waals surface area (Å²) in [5.74, 6) is 0.954. The molecule has 0 bridgehead atoms. The van der Waals surface area contributed by atoms with E-state index in [2.05, 4.69) is 46.7 Å². The van der Waals surface area contributed by atoms with Crippen molar-refractivity contribution in [3.63, 3.8) is 0 Å². The van der Waals surface area contributed by atoms with E-state index in [4.69, 9.17) is 10.1 Å². The molecule has 2 aromatic heterocycles. The molecule has 8 heteroatoms. The number of rotatable bonds is 7. The maximum absolute atomic E-state index is 13.0. The Kier molecular flexibility index (Phi) is 5.90. The first-order chi connectivity index (χ1) is 16.5. The lowest BCUT2D eigenvalue weighted by molar-refractivity contribution is -0.112. The molecule has 8 nitrogen and oxygen atoms in total. The van der Waals surface area contributed by atoms with Crippen LogP contribution in [-0.4, -0.2) is 37.4 Å². The van der Waals surface area contributed by atoms with E-state index in [-0.39, 0.29) is 12.5 Å². The van der Waals surface area contributed by atoms with Crippen LogP contribution in [0, 0.1) is 0 Å². The number of aliphatic hydroxyl groups excluding tert-OH is 1. The summed E-state index contributed by atoms with van der Waals surface area (Å²) in [6, 6.07) is 13.9. The lowest BCUT2D eigenvalue weighted by Gasteiger charge is -2.13. The van der Waals surface area contributed by atoms with E-state index in [1.54, 1.807) is 10.9 Å². The number of amides is 1. The molecular weight excluding hydrogens is 428 g/mol. The number of carbonyl (C=O) groups excluding carboxylic acids is 1. The van der Waals surface area contributed by atoms with Gasteiger partial charge in [-0.05, 0) is 54.7 Å². The Labute approximate surface area is 197 Å². The van der Waals surface area contributed by atoms with Crippen molar-refractivity contribution in [3.8, 4) is 0 Å². The van der Waals surface area contributed by atoms with E-state index < -0.39 is 0 Å². The van der Waals surface area contributed by atoms with Crippen LogP contribution in [0.2, 0.25) is 0 Å². The third-order valence-corrected chi connectivity index (χ3v) is 6.10. The predicted molar refractivity (Wildman–Crippen MR) is 134 cm³/mol. The summed E-state index contributed by atoms with van der Waals surface area (Å²) in [4.78, 5) is 21.0. The van der Waals surface area contributed by atoms with Gasteiger partial charge in [0.25, 0.3) is 5.91 Å². The Morgan fingerprint density at radius 2 is 2.06 bits per heavy atom. The highest BCUT2D eigenvalue weighted by molar-refractivity contribution is 6.07. The lowest BCUT2D eigenvalue weighted by Crippen LogP contribution is -2.17. The fourth-order valence-corrected chi connectivity index (χ4v) is 4.36. The molecule has 5 rings (SSSR count). The van der Waals surface area contributed by atoms with Gasteiger partial charge in [0, 0.05) is 22.3 Å². The number of nitrogens with one attached hydrogen (secondary N) is 3. The van der Waals surface area contributed by atoms with E-state index in [0.29, 0.717) is 42.5 Å². The molecule has 1 amide bonds. The first-order valence-electron chi connectivity index (χ1n) is 11.5. The monoisotopic (exact) mass is 456 g/mol. The van der Waals surface area contributed by atoms with Gasteiger partial charge in [-0.2, -0.15) is 5.10 Å². The molecule has 174 valence electrons. The third-order valence-electron chi connectivity index (χ3n) is 6.10. The highest BCUT2D eigenvalue weighted by Gasteiger charge is 2.20. The number of para-hydroxylation sites is 1. The van der Waals surface area contributed by atoms with E-state index in [0.717, 1.165) is 28.0 Å². The van der Waals surface area contributed by atoms with Crippen LogP contribution >= 0.6 is 0 Å². The molecule has 0 radical (unpaired) electrons. The molecule has 0 spiro atoms. The molecule has 0 saturated heterocycles. The fourth-order valence-electron chi connectivity index (χ4n) is 4.36. The quantitative estimate of drug-likeness (QED) is 0.325. The van der Waals surface area contributed by atoms with Crippen LogP contribution in [-0.2, 0) is 17.8 Å². The van der Waals surface area contributed by atoms with Crippen molar-refractivity contribution in [1.82, 2.24) is 19.7 Å². The number of imidazole rings is 1. The van der Waals surface area contributed by atoms with Gasteiger partial charge in [-0.25, -0.2) is 4.98 Å². The number of aromatic nitrogens is 4. The summed E-state index contributed by atoms with van der Waals surface area (Å²) < 4.78 is 1.75. The summed E-state index contributed by atoms with van der Waals surface area (Å²) >= 11 is 0. The summed E-state index contributed by atoms with van der Waals surface area (Å²) in [5, 5.41) is 20.8. The first-order valence-corrected chi connectivity index (χ1v) is 11.5. The Balaban J connectivity index is 1.32. The molecule has 0 saturated carbocycles. The highest BCUT2D eigenvalue weighted by atomic mass is 16.3. The number of aromatic amines is 1. The topological polar surface area (TPSA) is 108 Å². The maximum Gasteiger partial charge on any atom is 0.251 e. The number of aryl methyl sites for hydroxylation is 1. The van der Waals surface area contributed by atoms with Gasteiger partial charge in [0.15, 0.2) is 0 Å². The largest absolute Gasteiger partial charge is 0.394 e. The second-order valence-corrected chi connectivity index (χ2v) is 8.80. The molecule has 34 heavy (non-hydrogen) atoms. The van der Waals surface area contributed by atoms with Gasteiger partial charge in [0.2, 0.25) is 5.95 Å². The number of fused-ring (bicyclic) bond motifs is 2. The van der Waals surface area contributed by atoms with Crippen molar-refractivity contribution in [1.29, 1.82) is 0 Å². The molecule has 2 heterocycles. The van der Waals surface area contributed by atoms with Crippen molar-refractivity contribution in [3.05, 3.63) is 71.2 Å². The van der Waals surface area contributed by atoms with Crippen molar-refractivity contribution < 1.29 is 9.90 Å². The van der Waals surface area contributed by atoms with E-state index in [1.807, 2.05) is 36.4 Å². The highest BCUT2D eigenvalue weighted by Crippen LogP contribution is 2.29. The summed E-state index contributed by atoms with van der Waals surface area (Å²) in [5.41, 5.74) is 6.42. The molecular formula is C26H28N6O2. The van der Waals surface area contributed by atoms with Gasteiger partial charge in [-0.3, -0.25) is 9.48 Å². The minimum absolute atomic E-state index is 0.0283. The van der Waals surface area contributed by atoms with Crippen LogP contribution in [0.15, 0.2) is 54.2 Å². The third kappa shape index (κ3) is 4.32. The van der Waals surface area contributed by atoms with Crippen LogP contribution in [0.4, 0.5) is 17.3 Å². The number of carbonyl (C=O) groups is 1. The lowest BCUT2D eigenvalue weighted by atomic mass is 9.99. The van der Waals surface area contributed by atoms with Crippen molar-refractivity contribution in [2.24, 2.45) is 0 Å². The Bertz CT molecular complexity index is 1380. The molecule has 0 unspecified atom stereocenters. The van der Waals surface area contributed by atoms with Gasteiger partial charge in [-0.15, -0.1) is 0 Å². The number of H-pyrrole nitrogens is 1. The minimum atomic E-state index is -0.123. The van der Waals surface area contributed by atoms with Crippen molar-refractivity contribution in [2.75, 3.05) is 17.2 Å². The fraction of sp³-hybridized carbons (Fsp3) is 0.269. The van der Waals surface area contributed by atoms with E-state index in [1.165, 1.54) is 5.56 Å². The Morgan fingerprint density at radius 3 is 2.88 bits per heavy atom. The molecule has 0 fully saturated rings. The van der Waals surface area contributed by atoms with Crippen molar-refractivity contribution in [2.45, 2.75) is 39.2 Å². The second kappa shape index (κ2) is 9.15. The summed E-state index contributed by atoms with van der Waals surface area (Å²) in [6.45, 7) is 4.80. The van der Waals surface area contributed by atoms with Crippen LogP contribution in [0.1, 0.15) is 43.1 Å². The molecule has 2 aromatic carbocycles. The smallest absolute Gasteiger partial charge is 0.251 e. The minimum Gasteiger partial charge on any atom is -0.394 e. The van der Waals surface area contributed by atoms with Crippen LogP contribution in [0.25, 0.3) is 17.0 Å². The van der Waals surface area contributed by atoms with Gasteiger partial charge >= 0.3 is 0 Å². The van der Waals surface area contributed by atoms with Gasteiger partial charge in [-0.1, -0.05) is 32.0 Å². The van der Waals surface area contributed by atoms with Crippen LogP contribution < -0.4 is 10.6 Å². The molecule has 4 N–H and O–H groups in total. The van der Waals surface area contributed by atoms with Gasteiger partial charge in [0.05, 0.1) is 36.3 Å². The average Bonchev–Trinajstić information content (AvgIpc) is 3.42. The van der Waals surface area contributed by atoms with Crippen molar-refractivity contribution >= 4 is 40.2 Å². The SMILES string of the molecule is CC(C)c1ccccc1Nc1nc2c([nH]1)C=C(C(=O)Nc1ccc3c(cnn3CCO)c1)CC2. The zero-order valence-corrected chi connectivity index (χ0v) is 19.3. The molecule has 0 atom stereocenters. The van der Waals surface area contributed by atoms with Crippen LogP contribution in [0.3, 0.4) is 0 Å². The maximum atomic E-state index is 13.0. The number of aliphatic hydroxyl groups is 1. The van der Waals surface area contributed by atoms with E-state index in [9.17, 15) is 4.79 Å². The average molecular weight is 457 g/mol. The molecule has 1 aliphatic carbocycles. The number of anilines is 3. The Hall–Kier alpha value is -3.91. The number of hydrogen-bond acceptors (Lipinski definition) is 5. The number of nitrogens with zero attached hydrogens (tertiary/aromatic N) is 3. The van der Waals surface area contributed by atoms with Gasteiger partial charge in [0.1, 0.15) is 0 Å². The normalized spacial score (nSPS) is 13.1. The summed E-state index contributed by atoms with van der Waals surface area (Å²) in [7, 11) is 0. The number of hydrogen-bond donors (Lipinski definition) is 4. The standard InChI is InChI=1S/C26H28N6O2/c1-16(2)20-5-3-4-6-21(20)29-26-30-22-9-7-17(14-23(22)31-26)25(34)28-19-8-10-24-18(13-19)15-27-32(24)11-12-33/h3-6,8,10,13-16,33H,7,9,11-12H2,1-2H3,(H,28,34)(H2,29,30,31). The first kappa shape index (κ1) is 21.9. The van der Waals surface area contributed by atoms with Crippen LogP contribution in [0.5, 0.6) is 0 Å². The second-order valence-electron chi connectivity index (χ2n) is 8.80. The molecule has 4 aromatic rings. The summed E-state index contributed by atoms with van der Waals surface area (Å²) in [6.07, 6.45) is 4.95. The van der Waals surface area contributed by atoms with Gasteiger partial charge < -0.3 is 20.7 Å². The molecule has 1 aliphatic rings.